The van der Waals surface area contributed by atoms with Gasteiger partial charge in [0.1, 0.15) is 11.9 Å². The van der Waals surface area contributed by atoms with Crippen molar-refractivity contribution in [2.24, 2.45) is 5.73 Å². The molecule has 4 nitrogen and oxygen atoms in total. The van der Waals surface area contributed by atoms with E-state index in [0.29, 0.717) is 11.3 Å². The third kappa shape index (κ3) is 2.59. The fraction of sp³-hybridized carbons (Fsp3) is 0.222. The van der Waals surface area contributed by atoms with Crippen LogP contribution in [0.5, 0.6) is 0 Å². The third-order valence-corrected chi connectivity index (χ3v) is 3.06. The van der Waals surface area contributed by atoms with E-state index >= 15 is 0 Å². The Kier molecular flexibility index (Phi) is 3.07. The zero-order valence-electron chi connectivity index (χ0n) is 8.35. The molecule has 0 amide bonds. The maximum absolute atomic E-state index is 12.3. The maximum Gasteiger partial charge on any atom is 0.443 e. The van der Waals surface area contributed by atoms with Crippen molar-refractivity contribution in [3.8, 4) is 0 Å². The summed E-state index contributed by atoms with van der Waals surface area (Å²) in [5.41, 5.74) is 5.75. The molecule has 1 atom stereocenters. The number of rotatable bonds is 2. The Morgan fingerprint density at radius 1 is 1.18 bits per heavy atom. The zero-order valence-corrected chi connectivity index (χ0v) is 9.16. The molecule has 2 aromatic rings. The molecule has 0 fully saturated rings. The first-order valence-corrected chi connectivity index (χ1v) is 5.35. The van der Waals surface area contributed by atoms with E-state index in [1.807, 2.05) is 0 Å². The molecule has 1 unspecified atom stereocenters. The smallest absolute Gasteiger partial charge is 0.317 e. The summed E-state index contributed by atoms with van der Waals surface area (Å²) in [5, 5.41) is -0.918. The topological polar surface area (TPSA) is 64.7 Å². The van der Waals surface area contributed by atoms with E-state index in [1.165, 1.54) is 12.4 Å². The summed E-state index contributed by atoms with van der Waals surface area (Å²) in [6, 6.07) is 0.814. The van der Waals surface area contributed by atoms with Gasteiger partial charge in [0.05, 0.1) is 0 Å². The zero-order chi connectivity index (χ0) is 12.5. The van der Waals surface area contributed by atoms with Gasteiger partial charge in [-0.3, -0.25) is 0 Å². The van der Waals surface area contributed by atoms with Crippen molar-refractivity contribution < 1.29 is 13.2 Å². The molecule has 90 valence electrons. The molecule has 0 aliphatic heterocycles. The first-order chi connectivity index (χ1) is 7.98. The van der Waals surface area contributed by atoms with Crippen molar-refractivity contribution >= 4 is 11.3 Å². The van der Waals surface area contributed by atoms with Crippen molar-refractivity contribution in [3.63, 3.8) is 0 Å². The Balaban J connectivity index is 2.27. The number of halogens is 3. The van der Waals surface area contributed by atoms with Crippen LogP contribution in [0.1, 0.15) is 21.8 Å². The Hall–Kier alpha value is -1.54. The third-order valence-electron chi connectivity index (χ3n) is 1.94. The molecule has 0 saturated heterocycles. The molecule has 0 aliphatic carbocycles. The van der Waals surface area contributed by atoms with E-state index in [4.69, 9.17) is 5.73 Å². The van der Waals surface area contributed by atoms with E-state index in [-0.39, 0.29) is 10.7 Å². The molecule has 2 aromatic heterocycles. The molecule has 0 aliphatic rings. The van der Waals surface area contributed by atoms with E-state index in [2.05, 4.69) is 15.0 Å². The molecule has 17 heavy (non-hydrogen) atoms. The normalized spacial score (nSPS) is 13.6. The summed E-state index contributed by atoms with van der Waals surface area (Å²) >= 11 is 0.502. The lowest BCUT2D eigenvalue weighted by Gasteiger charge is -2.06. The van der Waals surface area contributed by atoms with Crippen molar-refractivity contribution in [1.82, 2.24) is 15.0 Å². The predicted octanol–water partition coefficient (Wildman–Crippen LogP) is 2.00. The average molecular weight is 260 g/mol. The molecule has 2 N–H and O–H groups in total. The second-order valence-corrected chi connectivity index (χ2v) is 4.21. The minimum atomic E-state index is -4.44. The number of nitrogens with two attached hydrogens (primary N) is 1. The van der Waals surface area contributed by atoms with E-state index in [1.54, 1.807) is 6.07 Å². The van der Waals surface area contributed by atoms with Crippen LogP contribution in [-0.4, -0.2) is 15.0 Å². The number of thiazole rings is 1. The standard InChI is InChI=1S/C9H7F3N4S/c10-9(11,12)8-16-4-5(17-8)6(13)7-14-2-1-3-15-7/h1-4,6H,13H2. The average Bonchev–Trinajstić information content (AvgIpc) is 2.78. The molecule has 2 rings (SSSR count). The molecule has 2 heterocycles. The first-order valence-electron chi connectivity index (χ1n) is 4.54. The van der Waals surface area contributed by atoms with Gasteiger partial charge in [-0.05, 0) is 6.07 Å². The molecule has 8 heteroatoms. The van der Waals surface area contributed by atoms with E-state index < -0.39 is 17.2 Å². The van der Waals surface area contributed by atoms with Gasteiger partial charge in [-0.25, -0.2) is 15.0 Å². The number of nitrogens with zero attached hydrogens (tertiary/aromatic N) is 3. The predicted molar refractivity (Wildman–Crippen MR) is 55.2 cm³/mol. The highest BCUT2D eigenvalue weighted by atomic mass is 32.1. The highest BCUT2D eigenvalue weighted by Crippen LogP contribution is 2.34. The fourth-order valence-electron chi connectivity index (χ4n) is 1.16. The highest BCUT2D eigenvalue weighted by molar-refractivity contribution is 7.11. The second kappa shape index (κ2) is 4.38. The van der Waals surface area contributed by atoms with Crippen LogP contribution in [0.2, 0.25) is 0 Å². The Morgan fingerprint density at radius 2 is 1.82 bits per heavy atom. The SMILES string of the molecule is NC(c1ncccn1)c1cnc(C(F)(F)F)s1. The number of hydrogen-bond acceptors (Lipinski definition) is 5. The van der Waals surface area contributed by atoms with Gasteiger partial charge < -0.3 is 5.73 Å². The van der Waals surface area contributed by atoms with Gasteiger partial charge in [-0.2, -0.15) is 13.2 Å². The van der Waals surface area contributed by atoms with Crippen molar-refractivity contribution in [1.29, 1.82) is 0 Å². The van der Waals surface area contributed by atoms with E-state index in [0.717, 1.165) is 6.20 Å². The monoisotopic (exact) mass is 260 g/mol. The van der Waals surface area contributed by atoms with Gasteiger partial charge in [0.15, 0.2) is 5.01 Å². The minimum absolute atomic E-state index is 0.268. The molecule has 0 aromatic carbocycles. The van der Waals surface area contributed by atoms with Crippen LogP contribution >= 0.6 is 11.3 Å². The molecule has 0 spiro atoms. The van der Waals surface area contributed by atoms with Gasteiger partial charge in [-0.1, -0.05) is 0 Å². The Morgan fingerprint density at radius 3 is 2.35 bits per heavy atom. The number of hydrogen-bond donors (Lipinski definition) is 1. The first kappa shape index (κ1) is 11.9. The lowest BCUT2D eigenvalue weighted by atomic mass is 10.2. The minimum Gasteiger partial charge on any atom is -0.317 e. The largest absolute Gasteiger partial charge is 0.443 e. The summed E-state index contributed by atoms with van der Waals surface area (Å²) in [7, 11) is 0. The van der Waals surface area contributed by atoms with Crippen molar-refractivity contribution in [2.45, 2.75) is 12.2 Å². The quantitative estimate of drug-likeness (QED) is 0.897. The van der Waals surface area contributed by atoms with Crippen LogP contribution in [-0.2, 0) is 6.18 Å². The van der Waals surface area contributed by atoms with Crippen LogP contribution < -0.4 is 5.73 Å². The highest BCUT2D eigenvalue weighted by Gasteiger charge is 2.35. The van der Waals surface area contributed by atoms with Gasteiger partial charge in [0, 0.05) is 23.5 Å². The summed E-state index contributed by atoms with van der Waals surface area (Å²) in [5.74, 6) is 0.268. The maximum atomic E-state index is 12.3. The van der Waals surface area contributed by atoms with Crippen LogP contribution in [0.4, 0.5) is 13.2 Å². The van der Waals surface area contributed by atoms with Crippen LogP contribution in [0, 0.1) is 0 Å². The second-order valence-electron chi connectivity index (χ2n) is 3.15. The summed E-state index contributed by atoms with van der Waals surface area (Å²) in [6.45, 7) is 0. The van der Waals surface area contributed by atoms with Gasteiger partial charge in [-0.15, -0.1) is 11.3 Å². The number of alkyl halides is 3. The Bertz CT molecular complexity index is 496. The van der Waals surface area contributed by atoms with Crippen molar-refractivity contribution in [2.75, 3.05) is 0 Å². The summed E-state index contributed by atoms with van der Waals surface area (Å²) < 4.78 is 37.0. The van der Waals surface area contributed by atoms with Gasteiger partial charge in [0.2, 0.25) is 0 Å². The van der Waals surface area contributed by atoms with Gasteiger partial charge >= 0.3 is 6.18 Å². The lowest BCUT2D eigenvalue weighted by molar-refractivity contribution is -0.137. The molecular formula is C9H7F3N4S. The van der Waals surface area contributed by atoms with Crippen LogP contribution in [0.15, 0.2) is 24.7 Å². The molecule has 0 bridgehead atoms. The van der Waals surface area contributed by atoms with Gasteiger partial charge in [0.25, 0.3) is 0 Å². The fourth-order valence-corrected chi connectivity index (χ4v) is 1.94. The molecule has 0 saturated carbocycles. The van der Waals surface area contributed by atoms with Crippen LogP contribution in [0.3, 0.4) is 0 Å². The summed E-state index contributed by atoms with van der Waals surface area (Å²) in [6.07, 6.45) is -0.378. The number of aromatic nitrogens is 3. The lowest BCUT2D eigenvalue weighted by Crippen LogP contribution is -2.13. The Labute approximate surface area is 98.4 Å². The molecular weight excluding hydrogens is 253 g/mol. The van der Waals surface area contributed by atoms with Crippen LogP contribution in [0.25, 0.3) is 0 Å². The summed E-state index contributed by atoms with van der Waals surface area (Å²) in [4.78, 5) is 11.3. The van der Waals surface area contributed by atoms with E-state index in [9.17, 15) is 13.2 Å². The van der Waals surface area contributed by atoms with Crippen molar-refractivity contribution in [3.05, 3.63) is 40.4 Å². The molecule has 0 radical (unpaired) electrons.